The fourth-order valence-electron chi connectivity index (χ4n) is 2.97. The summed E-state index contributed by atoms with van der Waals surface area (Å²) in [6.45, 7) is 5.63. The zero-order valence-electron chi connectivity index (χ0n) is 12.5. The summed E-state index contributed by atoms with van der Waals surface area (Å²) in [5.41, 5.74) is 2.34. The van der Waals surface area contributed by atoms with E-state index in [0.717, 1.165) is 63.0 Å². The summed E-state index contributed by atoms with van der Waals surface area (Å²) in [6, 6.07) is 0. The number of hydrogen-bond donors (Lipinski definition) is 0. The van der Waals surface area contributed by atoms with Crippen LogP contribution in [0.5, 0.6) is 5.88 Å². The van der Waals surface area contributed by atoms with Crippen molar-refractivity contribution >= 4 is 12.4 Å². The largest absolute Gasteiger partial charge is 0.478 e. The number of ether oxygens (including phenoxy) is 1. The van der Waals surface area contributed by atoms with Gasteiger partial charge in [-0.25, -0.2) is 4.98 Å². The van der Waals surface area contributed by atoms with Gasteiger partial charge in [-0.05, 0) is 32.6 Å². The van der Waals surface area contributed by atoms with Crippen molar-refractivity contribution in [3.8, 4) is 5.88 Å². The standard InChI is InChI=1S/C15H22N4O2/c1-2-21-14-12-5-3-4-6-13(12)16-15(17-14)19-9-7-18(11-20)8-10-19/h11H,2-10H2,1H3. The van der Waals surface area contributed by atoms with Crippen LogP contribution in [-0.2, 0) is 17.6 Å². The molecule has 2 heterocycles. The molecule has 1 aliphatic heterocycles. The van der Waals surface area contributed by atoms with Crippen molar-refractivity contribution in [2.75, 3.05) is 37.7 Å². The minimum Gasteiger partial charge on any atom is -0.478 e. The van der Waals surface area contributed by atoms with Crippen molar-refractivity contribution in [1.82, 2.24) is 14.9 Å². The van der Waals surface area contributed by atoms with Crippen molar-refractivity contribution < 1.29 is 9.53 Å². The van der Waals surface area contributed by atoms with Gasteiger partial charge in [0.25, 0.3) is 0 Å². The molecule has 1 aromatic heterocycles. The van der Waals surface area contributed by atoms with E-state index in [2.05, 4.69) is 9.88 Å². The summed E-state index contributed by atoms with van der Waals surface area (Å²) in [7, 11) is 0. The summed E-state index contributed by atoms with van der Waals surface area (Å²) in [4.78, 5) is 24.1. The van der Waals surface area contributed by atoms with Crippen molar-refractivity contribution in [3.63, 3.8) is 0 Å². The fourth-order valence-corrected chi connectivity index (χ4v) is 2.97. The van der Waals surface area contributed by atoms with Gasteiger partial charge in [0.1, 0.15) is 0 Å². The normalized spacial score (nSPS) is 18.3. The van der Waals surface area contributed by atoms with Gasteiger partial charge in [0, 0.05) is 31.7 Å². The van der Waals surface area contributed by atoms with Crippen molar-refractivity contribution in [2.45, 2.75) is 32.6 Å². The Bertz CT molecular complexity index is 513. The van der Waals surface area contributed by atoms with Crippen LogP contribution in [0.4, 0.5) is 5.95 Å². The molecule has 2 aliphatic rings. The number of piperazine rings is 1. The molecule has 1 fully saturated rings. The van der Waals surface area contributed by atoms with Gasteiger partial charge in [0.05, 0.1) is 12.3 Å². The number of amides is 1. The Hall–Kier alpha value is -1.85. The molecule has 0 N–H and O–H groups in total. The monoisotopic (exact) mass is 290 g/mol. The SMILES string of the molecule is CCOc1nc(N2CCN(C=O)CC2)nc2c1CCCC2. The molecule has 6 heteroatoms. The molecule has 0 radical (unpaired) electrons. The number of aromatic nitrogens is 2. The molecule has 0 saturated carbocycles. The highest BCUT2D eigenvalue weighted by atomic mass is 16.5. The molecule has 1 amide bonds. The molecular weight excluding hydrogens is 268 g/mol. The van der Waals surface area contributed by atoms with E-state index < -0.39 is 0 Å². The summed E-state index contributed by atoms with van der Waals surface area (Å²) >= 11 is 0. The number of fused-ring (bicyclic) bond motifs is 1. The molecule has 1 aliphatic carbocycles. The first-order valence-corrected chi connectivity index (χ1v) is 7.78. The third kappa shape index (κ3) is 2.94. The van der Waals surface area contributed by atoms with Crippen LogP contribution in [0.2, 0.25) is 0 Å². The van der Waals surface area contributed by atoms with Gasteiger partial charge in [0.2, 0.25) is 18.2 Å². The van der Waals surface area contributed by atoms with Crippen LogP contribution in [0.25, 0.3) is 0 Å². The zero-order chi connectivity index (χ0) is 14.7. The lowest BCUT2D eigenvalue weighted by atomic mass is 9.97. The molecule has 21 heavy (non-hydrogen) atoms. The number of rotatable bonds is 4. The summed E-state index contributed by atoms with van der Waals surface area (Å²) in [5, 5.41) is 0. The molecule has 0 atom stereocenters. The lowest BCUT2D eigenvalue weighted by Crippen LogP contribution is -2.46. The average molecular weight is 290 g/mol. The smallest absolute Gasteiger partial charge is 0.229 e. The van der Waals surface area contributed by atoms with Crippen molar-refractivity contribution in [1.29, 1.82) is 0 Å². The van der Waals surface area contributed by atoms with E-state index in [4.69, 9.17) is 9.72 Å². The highest BCUT2D eigenvalue weighted by Gasteiger charge is 2.23. The van der Waals surface area contributed by atoms with Crippen LogP contribution in [0.1, 0.15) is 31.0 Å². The van der Waals surface area contributed by atoms with Gasteiger partial charge in [0.15, 0.2) is 0 Å². The zero-order valence-corrected chi connectivity index (χ0v) is 12.5. The second-order valence-electron chi connectivity index (χ2n) is 5.52. The van der Waals surface area contributed by atoms with E-state index in [0.29, 0.717) is 6.61 Å². The Labute approximate surface area is 125 Å². The van der Waals surface area contributed by atoms with E-state index in [1.165, 1.54) is 18.4 Å². The molecule has 0 spiro atoms. The Morgan fingerprint density at radius 3 is 2.62 bits per heavy atom. The number of aryl methyl sites for hydroxylation is 1. The maximum Gasteiger partial charge on any atom is 0.229 e. The van der Waals surface area contributed by atoms with E-state index in [1.807, 2.05) is 6.92 Å². The second-order valence-corrected chi connectivity index (χ2v) is 5.52. The first-order chi connectivity index (χ1) is 10.3. The van der Waals surface area contributed by atoms with E-state index in [9.17, 15) is 4.79 Å². The van der Waals surface area contributed by atoms with Crippen LogP contribution in [0.15, 0.2) is 0 Å². The van der Waals surface area contributed by atoms with Gasteiger partial charge in [-0.15, -0.1) is 0 Å². The quantitative estimate of drug-likeness (QED) is 0.775. The number of nitrogens with zero attached hydrogens (tertiary/aromatic N) is 4. The summed E-state index contributed by atoms with van der Waals surface area (Å²) in [6.07, 6.45) is 5.32. The van der Waals surface area contributed by atoms with Crippen molar-refractivity contribution in [3.05, 3.63) is 11.3 Å². The topological polar surface area (TPSA) is 58.6 Å². The first-order valence-electron chi connectivity index (χ1n) is 7.78. The Morgan fingerprint density at radius 2 is 1.90 bits per heavy atom. The van der Waals surface area contributed by atoms with Crippen molar-refractivity contribution in [2.24, 2.45) is 0 Å². The number of hydrogen-bond acceptors (Lipinski definition) is 5. The second kappa shape index (κ2) is 6.28. The molecule has 1 aromatic rings. The van der Waals surface area contributed by atoms with E-state index in [-0.39, 0.29) is 0 Å². The molecule has 0 bridgehead atoms. The van der Waals surface area contributed by atoms with Crippen LogP contribution >= 0.6 is 0 Å². The maximum atomic E-state index is 10.8. The molecule has 0 aromatic carbocycles. The van der Waals surface area contributed by atoms with E-state index in [1.54, 1.807) is 4.90 Å². The summed E-state index contributed by atoms with van der Waals surface area (Å²) < 4.78 is 5.73. The van der Waals surface area contributed by atoms with Crippen LogP contribution in [0, 0.1) is 0 Å². The molecule has 3 rings (SSSR count). The lowest BCUT2D eigenvalue weighted by Gasteiger charge is -2.33. The highest BCUT2D eigenvalue weighted by molar-refractivity contribution is 5.49. The number of carbonyl (C=O) groups is 1. The molecule has 114 valence electrons. The minimum atomic E-state index is 0.627. The van der Waals surface area contributed by atoms with E-state index >= 15 is 0 Å². The Balaban J connectivity index is 1.85. The highest BCUT2D eigenvalue weighted by Crippen LogP contribution is 2.29. The van der Waals surface area contributed by atoms with Crippen LogP contribution in [0.3, 0.4) is 0 Å². The molecule has 0 unspecified atom stereocenters. The third-order valence-corrected chi connectivity index (χ3v) is 4.16. The van der Waals surface area contributed by atoms with Gasteiger partial charge in [-0.3, -0.25) is 4.79 Å². The van der Waals surface area contributed by atoms with Gasteiger partial charge >= 0.3 is 0 Å². The van der Waals surface area contributed by atoms with Gasteiger partial charge in [-0.2, -0.15) is 4.98 Å². The minimum absolute atomic E-state index is 0.627. The fraction of sp³-hybridized carbons (Fsp3) is 0.667. The number of carbonyl (C=O) groups excluding carboxylic acids is 1. The average Bonchev–Trinajstić information content (AvgIpc) is 2.55. The van der Waals surface area contributed by atoms with Gasteiger partial charge in [-0.1, -0.05) is 0 Å². The lowest BCUT2D eigenvalue weighted by molar-refractivity contribution is -0.118. The Kier molecular flexibility index (Phi) is 4.22. The molecule has 1 saturated heterocycles. The van der Waals surface area contributed by atoms with Crippen LogP contribution < -0.4 is 9.64 Å². The number of anilines is 1. The summed E-state index contributed by atoms with van der Waals surface area (Å²) in [5.74, 6) is 1.51. The molecule has 6 nitrogen and oxygen atoms in total. The first kappa shape index (κ1) is 14.1. The predicted octanol–water partition coefficient (Wildman–Crippen LogP) is 1.03. The van der Waals surface area contributed by atoms with Crippen LogP contribution in [-0.4, -0.2) is 54.1 Å². The molecular formula is C15H22N4O2. The predicted molar refractivity (Wildman–Crippen MR) is 79.7 cm³/mol. The Morgan fingerprint density at radius 1 is 1.14 bits per heavy atom. The maximum absolute atomic E-state index is 10.8. The third-order valence-electron chi connectivity index (χ3n) is 4.16. The van der Waals surface area contributed by atoms with Gasteiger partial charge < -0.3 is 14.5 Å².